The zero-order valence-electron chi connectivity index (χ0n) is 12.1. The number of aliphatic hydroxyl groups excluding tert-OH is 1. The number of rotatable bonds is 5. The van der Waals surface area contributed by atoms with Crippen LogP contribution >= 0.6 is 11.6 Å². The van der Waals surface area contributed by atoms with Gasteiger partial charge in [0.2, 0.25) is 5.91 Å². The third-order valence-electron chi connectivity index (χ3n) is 4.23. The summed E-state index contributed by atoms with van der Waals surface area (Å²) < 4.78 is 0. The molecule has 1 aliphatic carbocycles. The first-order valence-corrected chi connectivity index (χ1v) is 7.77. The third kappa shape index (κ3) is 2.87. The minimum absolute atomic E-state index is 0.0233. The van der Waals surface area contributed by atoms with Crippen molar-refractivity contribution >= 4 is 17.5 Å². The Labute approximate surface area is 134 Å². The molecular formula is C18H18ClNO2. The molecule has 2 N–H and O–H groups in total. The van der Waals surface area contributed by atoms with E-state index in [9.17, 15) is 9.90 Å². The summed E-state index contributed by atoms with van der Waals surface area (Å²) in [5, 5.41) is 13.6. The summed E-state index contributed by atoms with van der Waals surface area (Å²) in [7, 11) is 0. The molecule has 3 nitrogen and oxygen atoms in total. The number of carbonyl (C=O) groups excluding carboxylic acids is 1. The van der Waals surface area contributed by atoms with Crippen molar-refractivity contribution in [1.82, 2.24) is 5.32 Å². The predicted molar refractivity (Wildman–Crippen MR) is 86.8 cm³/mol. The number of carbonyl (C=O) groups is 1. The molecular weight excluding hydrogens is 298 g/mol. The van der Waals surface area contributed by atoms with Gasteiger partial charge in [0, 0.05) is 17.1 Å². The van der Waals surface area contributed by atoms with Crippen LogP contribution in [0, 0.1) is 0 Å². The monoisotopic (exact) mass is 315 g/mol. The largest absolute Gasteiger partial charge is 0.387 e. The van der Waals surface area contributed by atoms with Crippen LogP contribution in [0.25, 0.3) is 0 Å². The highest BCUT2D eigenvalue weighted by Gasteiger charge is 2.51. The van der Waals surface area contributed by atoms with Gasteiger partial charge in [0.25, 0.3) is 0 Å². The first kappa shape index (κ1) is 15.1. The van der Waals surface area contributed by atoms with Gasteiger partial charge >= 0.3 is 0 Å². The van der Waals surface area contributed by atoms with Crippen molar-refractivity contribution in [2.24, 2.45) is 0 Å². The van der Waals surface area contributed by atoms with Gasteiger partial charge in [0.15, 0.2) is 0 Å². The summed E-state index contributed by atoms with van der Waals surface area (Å²) in [6, 6.07) is 16.9. The molecule has 0 aromatic heterocycles. The van der Waals surface area contributed by atoms with Crippen molar-refractivity contribution in [3.8, 4) is 0 Å². The van der Waals surface area contributed by atoms with Gasteiger partial charge in [-0.3, -0.25) is 4.79 Å². The van der Waals surface area contributed by atoms with E-state index in [0.29, 0.717) is 10.6 Å². The van der Waals surface area contributed by atoms with Crippen LogP contribution in [-0.4, -0.2) is 17.6 Å². The summed E-state index contributed by atoms with van der Waals surface area (Å²) in [6.07, 6.45) is 0.903. The number of benzene rings is 2. The summed E-state index contributed by atoms with van der Waals surface area (Å²) >= 11 is 6.06. The van der Waals surface area contributed by atoms with Crippen molar-refractivity contribution in [1.29, 1.82) is 0 Å². The highest BCUT2D eigenvalue weighted by molar-refractivity contribution is 6.31. The molecule has 1 fully saturated rings. The number of halogens is 1. The molecule has 1 saturated carbocycles. The summed E-state index contributed by atoms with van der Waals surface area (Å²) in [5.74, 6) is -0.0233. The number of aliphatic hydroxyl groups is 1. The highest BCUT2D eigenvalue weighted by Crippen LogP contribution is 2.48. The molecule has 1 amide bonds. The molecule has 2 aromatic carbocycles. The Bertz CT molecular complexity index is 668. The van der Waals surface area contributed by atoms with Gasteiger partial charge in [-0.25, -0.2) is 0 Å². The zero-order valence-corrected chi connectivity index (χ0v) is 12.9. The van der Waals surface area contributed by atoms with Crippen LogP contribution in [0.3, 0.4) is 0 Å². The van der Waals surface area contributed by atoms with Gasteiger partial charge in [0.05, 0.1) is 11.5 Å². The molecule has 22 heavy (non-hydrogen) atoms. The third-order valence-corrected chi connectivity index (χ3v) is 4.58. The van der Waals surface area contributed by atoms with Crippen LogP contribution < -0.4 is 5.32 Å². The summed E-state index contributed by atoms with van der Waals surface area (Å²) in [5.41, 5.74) is 1.26. The van der Waals surface area contributed by atoms with E-state index >= 15 is 0 Å². The zero-order chi connectivity index (χ0) is 15.6. The second kappa shape index (κ2) is 6.11. The van der Waals surface area contributed by atoms with Crippen molar-refractivity contribution in [2.75, 3.05) is 6.54 Å². The van der Waals surface area contributed by atoms with E-state index in [0.717, 1.165) is 18.4 Å². The maximum atomic E-state index is 12.5. The molecule has 114 valence electrons. The Kier molecular flexibility index (Phi) is 4.19. The van der Waals surface area contributed by atoms with Crippen LogP contribution in [0.1, 0.15) is 30.1 Å². The second-order valence-corrected chi connectivity index (χ2v) is 6.10. The number of amides is 1. The number of hydrogen-bond acceptors (Lipinski definition) is 2. The van der Waals surface area contributed by atoms with Crippen LogP contribution in [-0.2, 0) is 10.2 Å². The topological polar surface area (TPSA) is 49.3 Å². The second-order valence-electron chi connectivity index (χ2n) is 5.70. The Balaban J connectivity index is 1.65. The molecule has 1 atom stereocenters. The Morgan fingerprint density at radius 2 is 1.77 bits per heavy atom. The van der Waals surface area contributed by atoms with E-state index in [1.807, 2.05) is 42.5 Å². The minimum Gasteiger partial charge on any atom is -0.387 e. The van der Waals surface area contributed by atoms with Crippen LogP contribution in [0.2, 0.25) is 5.02 Å². The van der Waals surface area contributed by atoms with Crippen molar-refractivity contribution < 1.29 is 9.90 Å². The number of hydrogen-bond donors (Lipinski definition) is 2. The Morgan fingerprint density at radius 3 is 2.41 bits per heavy atom. The van der Waals surface area contributed by atoms with Gasteiger partial charge in [-0.05, 0) is 24.5 Å². The molecule has 4 heteroatoms. The quantitative estimate of drug-likeness (QED) is 0.890. The van der Waals surface area contributed by atoms with Gasteiger partial charge in [-0.1, -0.05) is 60.1 Å². The molecule has 0 spiro atoms. The predicted octanol–water partition coefficient (Wildman–Crippen LogP) is 3.22. The molecule has 1 aliphatic rings. The molecule has 3 rings (SSSR count). The Morgan fingerprint density at radius 1 is 1.14 bits per heavy atom. The van der Waals surface area contributed by atoms with E-state index in [1.165, 1.54) is 0 Å². The molecule has 0 heterocycles. The van der Waals surface area contributed by atoms with E-state index in [1.54, 1.807) is 12.1 Å². The van der Waals surface area contributed by atoms with Crippen molar-refractivity contribution in [3.63, 3.8) is 0 Å². The smallest absolute Gasteiger partial charge is 0.230 e. The average molecular weight is 316 g/mol. The minimum atomic E-state index is -0.802. The number of nitrogens with one attached hydrogen (secondary N) is 1. The van der Waals surface area contributed by atoms with Crippen LogP contribution in [0.15, 0.2) is 54.6 Å². The van der Waals surface area contributed by atoms with E-state index in [-0.39, 0.29) is 12.5 Å². The lowest BCUT2D eigenvalue weighted by Gasteiger charge is -2.18. The summed E-state index contributed by atoms with van der Waals surface area (Å²) in [6.45, 7) is 0.164. The lowest BCUT2D eigenvalue weighted by Crippen LogP contribution is -2.37. The standard InChI is InChI=1S/C18H18ClNO2/c19-15-9-5-4-8-14(15)16(21)12-20-17(22)18(10-11-18)13-6-2-1-3-7-13/h1-9,16,21H,10-12H2,(H,20,22). The van der Waals surface area contributed by atoms with Gasteiger partial charge in [0.1, 0.15) is 0 Å². The maximum absolute atomic E-state index is 12.5. The first-order valence-electron chi connectivity index (χ1n) is 7.40. The maximum Gasteiger partial charge on any atom is 0.230 e. The Hall–Kier alpha value is -1.84. The fourth-order valence-electron chi connectivity index (χ4n) is 2.74. The van der Waals surface area contributed by atoms with Gasteiger partial charge in [-0.2, -0.15) is 0 Å². The fourth-order valence-corrected chi connectivity index (χ4v) is 3.00. The van der Waals surface area contributed by atoms with Crippen LogP contribution in [0.5, 0.6) is 0 Å². The van der Waals surface area contributed by atoms with Gasteiger partial charge < -0.3 is 10.4 Å². The first-order chi connectivity index (χ1) is 10.6. The van der Waals surface area contributed by atoms with Crippen molar-refractivity contribution in [3.05, 3.63) is 70.7 Å². The average Bonchev–Trinajstić information content (AvgIpc) is 3.35. The molecule has 0 aliphatic heterocycles. The van der Waals surface area contributed by atoms with Crippen molar-refractivity contribution in [2.45, 2.75) is 24.4 Å². The fraction of sp³-hybridized carbons (Fsp3) is 0.278. The molecule has 0 saturated heterocycles. The molecule has 0 bridgehead atoms. The highest BCUT2D eigenvalue weighted by atomic mass is 35.5. The molecule has 1 unspecified atom stereocenters. The van der Waals surface area contributed by atoms with Gasteiger partial charge in [-0.15, -0.1) is 0 Å². The summed E-state index contributed by atoms with van der Waals surface area (Å²) in [4.78, 5) is 12.5. The van der Waals surface area contributed by atoms with E-state index in [2.05, 4.69) is 5.32 Å². The lowest BCUT2D eigenvalue weighted by molar-refractivity contribution is -0.124. The normalized spacial score (nSPS) is 16.8. The SMILES string of the molecule is O=C(NCC(O)c1ccccc1Cl)C1(c2ccccc2)CC1. The van der Waals surface area contributed by atoms with E-state index < -0.39 is 11.5 Å². The van der Waals surface area contributed by atoms with E-state index in [4.69, 9.17) is 11.6 Å². The molecule has 0 radical (unpaired) electrons. The molecule has 2 aromatic rings. The lowest BCUT2D eigenvalue weighted by atomic mass is 9.95. The van der Waals surface area contributed by atoms with Crippen LogP contribution in [0.4, 0.5) is 0 Å².